The Bertz CT molecular complexity index is 273. The van der Waals surface area contributed by atoms with Gasteiger partial charge in [-0.15, -0.1) is 0 Å². The maximum Gasteiger partial charge on any atom is 0.0818 e. The van der Waals surface area contributed by atoms with Crippen LogP contribution < -0.4 is 0 Å². The number of rotatable bonds is 2. The van der Waals surface area contributed by atoms with E-state index in [1.165, 1.54) is 38.5 Å². The highest BCUT2D eigenvalue weighted by Crippen LogP contribution is 2.33. The number of aliphatic hydroxyl groups is 1. The van der Waals surface area contributed by atoms with Gasteiger partial charge in [0.05, 0.1) is 6.10 Å². The Morgan fingerprint density at radius 1 is 0.933 bits per heavy atom. The first-order valence-corrected chi connectivity index (χ1v) is 6.11. The van der Waals surface area contributed by atoms with Crippen molar-refractivity contribution in [3.05, 3.63) is 35.9 Å². The second-order valence-corrected chi connectivity index (χ2v) is 4.61. The fraction of sp³-hybridized carbons (Fsp3) is 0.571. The normalized spacial score (nSPS) is 20.9. The smallest absolute Gasteiger partial charge is 0.0818 e. The van der Waals surface area contributed by atoms with Crippen molar-refractivity contribution in [1.29, 1.82) is 0 Å². The molecule has 1 aromatic carbocycles. The van der Waals surface area contributed by atoms with Crippen LogP contribution in [0.1, 0.15) is 50.2 Å². The fourth-order valence-corrected chi connectivity index (χ4v) is 2.55. The largest absolute Gasteiger partial charge is 0.388 e. The molecule has 1 fully saturated rings. The highest BCUT2D eigenvalue weighted by atomic mass is 16.3. The quantitative estimate of drug-likeness (QED) is 0.728. The maximum atomic E-state index is 10.3. The second kappa shape index (κ2) is 5.32. The van der Waals surface area contributed by atoms with Gasteiger partial charge in [-0.3, -0.25) is 0 Å². The third-order valence-corrected chi connectivity index (χ3v) is 3.49. The van der Waals surface area contributed by atoms with Crippen LogP contribution in [0.15, 0.2) is 30.3 Å². The van der Waals surface area contributed by atoms with Gasteiger partial charge in [0, 0.05) is 0 Å². The lowest BCUT2D eigenvalue weighted by molar-refractivity contribution is 0.0988. The Labute approximate surface area is 92.1 Å². The molecule has 1 nitrogen and oxygen atoms in total. The average molecular weight is 204 g/mol. The van der Waals surface area contributed by atoms with Gasteiger partial charge in [-0.1, -0.05) is 56.0 Å². The number of hydrogen-bond acceptors (Lipinski definition) is 1. The summed E-state index contributed by atoms with van der Waals surface area (Å²) in [6.45, 7) is 0. The van der Waals surface area contributed by atoms with Gasteiger partial charge >= 0.3 is 0 Å². The summed E-state index contributed by atoms with van der Waals surface area (Å²) in [6.07, 6.45) is 7.40. The van der Waals surface area contributed by atoms with Crippen LogP contribution in [0.25, 0.3) is 0 Å². The van der Waals surface area contributed by atoms with Gasteiger partial charge in [0.15, 0.2) is 0 Å². The van der Waals surface area contributed by atoms with Gasteiger partial charge in [-0.25, -0.2) is 0 Å². The number of benzene rings is 1. The topological polar surface area (TPSA) is 20.2 Å². The predicted octanol–water partition coefficient (Wildman–Crippen LogP) is 3.69. The summed E-state index contributed by atoms with van der Waals surface area (Å²) in [5, 5.41) is 10.3. The van der Waals surface area contributed by atoms with Gasteiger partial charge in [0.2, 0.25) is 0 Å². The molecule has 0 amide bonds. The van der Waals surface area contributed by atoms with E-state index in [2.05, 4.69) is 0 Å². The Kier molecular flexibility index (Phi) is 3.79. The molecule has 1 atom stereocenters. The van der Waals surface area contributed by atoms with E-state index in [4.69, 9.17) is 0 Å². The van der Waals surface area contributed by atoms with E-state index in [-0.39, 0.29) is 6.10 Å². The zero-order chi connectivity index (χ0) is 10.5. The van der Waals surface area contributed by atoms with Crippen LogP contribution in [0.3, 0.4) is 0 Å². The molecule has 1 saturated carbocycles. The van der Waals surface area contributed by atoms with E-state index in [9.17, 15) is 5.11 Å². The first-order chi connectivity index (χ1) is 7.38. The van der Waals surface area contributed by atoms with E-state index < -0.39 is 0 Å². The molecule has 1 heteroatoms. The van der Waals surface area contributed by atoms with E-state index in [0.29, 0.717) is 5.92 Å². The molecule has 1 aromatic rings. The van der Waals surface area contributed by atoms with Crippen molar-refractivity contribution in [1.82, 2.24) is 0 Å². The Balaban J connectivity index is 2.03. The lowest BCUT2D eigenvalue weighted by atomic mass is 9.89. The van der Waals surface area contributed by atoms with Crippen molar-refractivity contribution in [2.24, 2.45) is 5.92 Å². The third kappa shape index (κ3) is 2.82. The molecule has 0 heterocycles. The van der Waals surface area contributed by atoms with Crippen LogP contribution in [0, 0.1) is 5.92 Å². The van der Waals surface area contributed by atoms with Gasteiger partial charge in [-0.05, 0) is 24.3 Å². The first kappa shape index (κ1) is 10.7. The van der Waals surface area contributed by atoms with Gasteiger partial charge in [-0.2, -0.15) is 0 Å². The van der Waals surface area contributed by atoms with Crippen molar-refractivity contribution >= 4 is 0 Å². The van der Waals surface area contributed by atoms with Gasteiger partial charge in [0.1, 0.15) is 0 Å². The van der Waals surface area contributed by atoms with E-state index >= 15 is 0 Å². The monoisotopic (exact) mass is 204 g/mol. The molecule has 1 aliphatic carbocycles. The minimum Gasteiger partial charge on any atom is -0.388 e. The summed E-state index contributed by atoms with van der Waals surface area (Å²) in [7, 11) is 0. The minimum absolute atomic E-state index is 0.246. The summed E-state index contributed by atoms with van der Waals surface area (Å²) in [6, 6.07) is 10.1. The van der Waals surface area contributed by atoms with Crippen LogP contribution in [0.2, 0.25) is 0 Å². The molecule has 1 aliphatic rings. The highest BCUT2D eigenvalue weighted by Gasteiger charge is 2.21. The molecular formula is C14H20O. The lowest BCUT2D eigenvalue weighted by Gasteiger charge is -2.21. The summed E-state index contributed by atoms with van der Waals surface area (Å²) in [4.78, 5) is 0. The van der Waals surface area contributed by atoms with E-state index in [0.717, 1.165) is 5.56 Å². The lowest BCUT2D eigenvalue weighted by Crippen LogP contribution is -2.11. The molecule has 1 N–H and O–H groups in total. The first-order valence-electron chi connectivity index (χ1n) is 6.11. The predicted molar refractivity (Wildman–Crippen MR) is 62.6 cm³/mol. The zero-order valence-corrected chi connectivity index (χ0v) is 9.23. The van der Waals surface area contributed by atoms with E-state index in [1.807, 2.05) is 30.3 Å². The van der Waals surface area contributed by atoms with Crippen molar-refractivity contribution in [3.63, 3.8) is 0 Å². The zero-order valence-electron chi connectivity index (χ0n) is 9.23. The molecule has 0 radical (unpaired) electrons. The fourth-order valence-electron chi connectivity index (χ4n) is 2.55. The Morgan fingerprint density at radius 2 is 1.53 bits per heavy atom. The Morgan fingerprint density at radius 3 is 2.13 bits per heavy atom. The molecule has 2 rings (SSSR count). The van der Waals surface area contributed by atoms with Crippen LogP contribution in [-0.4, -0.2) is 5.11 Å². The van der Waals surface area contributed by atoms with E-state index in [1.54, 1.807) is 0 Å². The highest BCUT2D eigenvalue weighted by molar-refractivity contribution is 5.17. The van der Waals surface area contributed by atoms with Crippen LogP contribution in [0.4, 0.5) is 0 Å². The number of aliphatic hydroxyl groups excluding tert-OH is 1. The molecule has 0 aromatic heterocycles. The number of hydrogen-bond donors (Lipinski definition) is 1. The van der Waals surface area contributed by atoms with Crippen LogP contribution >= 0.6 is 0 Å². The van der Waals surface area contributed by atoms with Gasteiger partial charge in [0.25, 0.3) is 0 Å². The van der Waals surface area contributed by atoms with Crippen molar-refractivity contribution in [2.75, 3.05) is 0 Å². The molecule has 0 bridgehead atoms. The summed E-state index contributed by atoms with van der Waals surface area (Å²) >= 11 is 0. The molecule has 1 unspecified atom stereocenters. The second-order valence-electron chi connectivity index (χ2n) is 4.61. The molecule has 0 aliphatic heterocycles. The maximum absolute atomic E-state index is 10.3. The van der Waals surface area contributed by atoms with Crippen molar-refractivity contribution in [3.8, 4) is 0 Å². The van der Waals surface area contributed by atoms with Crippen LogP contribution in [0.5, 0.6) is 0 Å². The third-order valence-electron chi connectivity index (χ3n) is 3.49. The minimum atomic E-state index is -0.246. The summed E-state index contributed by atoms with van der Waals surface area (Å²) in [5.74, 6) is 0.481. The average Bonchev–Trinajstić information content (AvgIpc) is 2.58. The molecule has 0 spiro atoms. The van der Waals surface area contributed by atoms with Crippen molar-refractivity contribution in [2.45, 2.75) is 44.6 Å². The molecule has 82 valence electrons. The molecule has 15 heavy (non-hydrogen) atoms. The van der Waals surface area contributed by atoms with Crippen molar-refractivity contribution < 1.29 is 5.11 Å². The molecule has 0 saturated heterocycles. The Hall–Kier alpha value is -0.820. The molecular weight excluding hydrogens is 184 g/mol. The SMILES string of the molecule is OC(c1ccccc1)C1CCCCCC1. The van der Waals surface area contributed by atoms with Crippen LogP contribution in [-0.2, 0) is 0 Å². The van der Waals surface area contributed by atoms with Gasteiger partial charge < -0.3 is 5.11 Å². The summed E-state index contributed by atoms with van der Waals surface area (Å²) < 4.78 is 0. The standard InChI is InChI=1S/C14H20O/c15-14(13-10-6-3-7-11-13)12-8-4-1-2-5-9-12/h3,6-7,10-12,14-15H,1-2,4-5,8-9H2. The summed E-state index contributed by atoms with van der Waals surface area (Å²) in [5.41, 5.74) is 1.09.